The van der Waals surface area contributed by atoms with E-state index >= 15 is 0 Å². The van der Waals surface area contributed by atoms with E-state index in [1.54, 1.807) is 0 Å². The molecule has 5 heteroatoms. The van der Waals surface area contributed by atoms with E-state index in [-0.39, 0.29) is 11.9 Å². The average molecular weight is 211 g/mol. The fourth-order valence-electron chi connectivity index (χ4n) is 1.54. The third-order valence-corrected chi connectivity index (χ3v) is 2.88. The van der Waals surface area contributed by atoms with Crippen LogP contribution < -0.4 is 17.0 Å². The molecule has 1 aromatic rings. The summed E-state index contributed by atoms with van der Waals surface area (Å²) in [4.78, 5) is 24.7. The van der Waals surface area contributed by atoms with Gasteiger partial charge in [-0.05, 0) is 12.8 Å². The van der Waals surface area contributed by atoms with Crippen molar-refractivity contribution in [2.45, 2.75) is 33.2 Å². The summed E-state index contributed by atoms with van der Waals surface area (Å²) < 4.78 is 1.43. The average Bonchev–Trinajstić information content (AvgIpc) is 2.14. The first-order valence-electron chi connectivity index (χ1n) is 5.08. The van der Waals surface area contributed by atoms with Crippen molar-refractivity contribution in [2.75, 3.05) is 5.73 Å². The van der Waals surface area contributed by atoms with Crippen LogP contribution in [0.1, 0.15) is 33.2 Å². The summed E-state index contributed by atoms with van der Waals surface area (Å²) in [6.07, 6.45) is 0.951. The van der Waals surface area contributed by atoms with Crippen LogP contribution in [0.2, 0.25) is 0 Å². The first kappa shape index (κ1) is 11.6. The van der Waals surface area contributed by atoms with E-state index in [0.717, 1.165) is 6.42 Å². The normalized spacial score (nSPS) is 14.9. The third-order valence-electron chi connectivity index (χ3n) is 2.88. The van der Waals surface area contributed by atoms with Gasteiger partial charge in [-0.2, -0.15) is 0 Å². The number of rotatable bonds is 3. The van der Waals surface area contributed by atoms with Crippen molar-refractivity contribution in [3.05, 3.63) is 26.9 Å². The lowest BCUT2D eigenvalue weighted by Crippen LogP contribution is -2.35. The lowest BCUT2D eigenvalue weighted by Gasteiger charge is -2.22. The zero-order valence-electron chi connectivity index (χ0n) is 9.28. The topological polar surface area (TPSA) is 80.9 Å². The highest BCUT2D eigenvalue weighted by molar-refractivity contribution is 5.26. The Kier molecular flexibility index (Phi) is 3.34. The highest BCUT2D eigenvalue weighted by Crippen LogP contribution is 2.20. The fourth-order valence-corrected chi connectivity index (χ4v) is 1.54. The van der Waals surface area contributed by atoms with Gasteiger partial charge in [-0.1, -0.05) is 20.3 Å². The summed E-state index contributed by atoms with van der Waals surface area (Å²) in [7, 11) is 0. The molecule has 0 spiro atoms. The predicted molar refractivity (Wildman–Crippen MR) is 59.9 cm³/mol. The van der Waals surface area contributed by atoms with Gasteiger partial charge < -0.3 is 5.73 Å². The summed E-state index contributed by atoms with van der Waals surface area (Å²) in [6.45, 7) is 6.01. The molecule has 0 aliphatic rings. The van der Waals surface area contributed by atoms with Crippen LogP contribution in [0, 0.1) is 5.92 Å². The molecule has 1 aromatic heterocycles. The second-order valence-corrected chi connectivity index (χ2v) is 3.86. The lowest BCUT2D eigenvalue weighted by atomic mass is 10.0. The van der Waals surface area contributed by atoms with Crippen molar-refractivity contribution >= 4 is 5.82 Å². The molecule has 0 bridgehead atoms. The Bertz CT molecular complexity index is 447. The zero-order valence-corrected chi connectivity index (χ0v) is 9.28. The molecule has 1 rings (SSSR count). The summed E-state index contributed by atoms with van der Waals surface area (Å²) in [5.74, 6) is 0.549. The maximum Gasteiger partial charge on any atom is 0.330 e. The van der Waals surface area contributed by atoms with Crippen LogP contribution in [-0.2, 0) is 0 Å². The number of aromatic amines is 1. The molecule has 0 saturated carbocycles. The monoisotopic (exact) mass is 211 g/mol. The summed E-state index contributed by atoms with van der Waals surface area (Å²) in [5, 5.41) is 0. The molecule has 0 aliphatic heterocycles. The number of nitrogens with one attached hydrogen (secondary N) is 1. The molecular weight excluding hydrogens is 194 g/mol. The van der Waals surface area contributed by atoms with Gasteiger partial charge in [-0.3, -0.25) is 14.3 Å². The van der Waals surface area contributed by atoms with Crippen molar-refractivity contribution in [1.29, 1.82) is 0 Å². The minimum absolute atomic E-state index is 0.0145. The van der Waals surface area contributed by atoms with E-state index in [9.17, 15) is 9.59 Å². The molecule has 5 nitrogen and oxygen atoms in total. The van der Waals surface area contributed by atoms with Crippen molar-refractivity contribution in [1.82, 2.24) is 9.55 Å². The van der Waals surface area contributed by atoms with Crippen molar-refractivity contribution in [2.24, 2.45) is 5.92 Å². The number of nitrogen functional groups attached to an aromatic ring is 1. The molecule has 15 heavy (non-hydrogen) atoms. The van der Waals surface area contributed by atoms with E-state index in [0.29, 0.717) is 5.92 Å². The molecule has 84 valence electrons. The Morgan fingerprint density at radius 1 is 1.47 bits per heavy atom. The van der Waals surface area contributed by atoms with Gasteiger partial charge in [-0.15, -0.1) is 0 Å². The molecule has 2 unspecified atom stereocenters. The SMILES string of the molecule is CCC(C)C(C)n1c(N)cc(=O)[nH]c1=O. The minimum Gasteiger partial charge on any atom is -0.385 e. The summed E-state index contributed by atoms with van der Waals surface area (Å²) >= 11 is 0. The molecule has 1 heterocycles. The third kappa shape index (κ3) is 2.29. The highest BCUT2D eigenvalue weighted by Gasteiger charge is 2.16. The van der Waals surface area contributed by atoms with E-state index < -0.39 is 11.2 Å². The van der Waals surface area contributed by atoms with Crippen LogP contribution in [0.3, 0.4) is 0 Å². The van der Waals surface area contributed by atoms with Gasteiger partial charge in [-0.25, -0.2) is 4.79 Å². The highest BCUT2D eigenvalue weighted by atomic mass is 16.2. The van der Waals surface area contributed by atoms with Gasteiger partial charge >= 0.3 is 5.69 Å². The molecular formula is C10H17N3O2. The van der Waals surface area contributed by atoms with Crippen LogP contribution >= 0.6 is 0 Å². The number of nitrogens with zero attached hydrogens (tertiary/aromatic N) is 1. The van der Waals surface area contributed by atoms with Gasteiger partial charge in [0.25, 0.3) is 5.56 Å². The second kappa shape index (κ2) is 4.33. The number of anilines is 1. The zero-order chi connectivity index (χ0) is 11.6. The second-order valence-electron chi connectivity index (χ2n) is 3.86. The van der Waals surface area contributed by atoms with E-state index in [1.165, 1.54) is 10.6 Å². The van der Waals surface area contributed by atoms with Crippen LogP contribution in [0.4, 0.5) is 5.82 Å². The number of H-pyrrole nitrogens is 1. The first-order valence-corrected chi connectivity index (χ1v) is 5.08. The molecule has 0 amide bonds. The summed E-state index contributed by atoms with van der Waals surface area (Å²) in [5.41, 5.74) is 4.77. The smallest absolute Gasteiger partial charge is 0.330 e. The van der Waals surface area contributed by atoms with E-state index in [2.05, 4.69) is 4.98 Å². The Balaban J connectivity index is 3.26. The molecule has 0 saturated heterocycles. The molecule has 0 fully saturated rings. The largest absolute Gasteiger partial charge is 0.385 e. The molecule has 0 aliphatic carbocycles. The Morgan fingerprint density at radius 2 is 2.07 bits per heavy atom. The number of nitrogens with two attached hydrogens (primary N) is 1. The predicted octanol–water partition coefficient (Wildman–Crippen LogP) is 0.726. The van der Waals surface area contributed by atoms with Crippen molar-refractivity contribution in [3.63, 3.8) is 0 Å². The number of aromatic nitrogens is 2. The quantitative estimate of drug-likeness (QED) is 0.773. The van der Waals surface area contributed by atoms with E-state index in [4.69, 9.17) is 5.73 Å². The van der Waals surface area contributed by atoms with Crippen LogP contribution in [-0.4, -0.2) is 9.55 Å². The van der Waals surface area contributed by atoms with Gasteiger partial charge in [0.2, 0.25) is 0 Å². The number of hydrogen-bond acceptors (Lipinski definition) is 3. The molecule has 2 atom stereocenters. The van der Waals surface area contributed by atoms with E-state index in [1.807, 2.05) is 20.8 Å². The molecule has 0 radical (unpaired) electrons. The Hall–Kier alpha value is -1.52. The maximum atomic E-state index is 11.6. The van der Waals surface area contributed by atoms with Gasteiger partial charge in [0.15, 0.2) is 0 Å². The van der Waals surface area contributed by atoms with Gasteiger partial charge in [0.1, 0.15) is 5.82 Å². The fraction of sp³-hybridized carbons (Fsp3) is 0.600. The van der Waals surface area contributed by atoms with Crippen LogP contribution in [0.15, 0.2) is 15.7 Å². The van der Waals surface area contributed by atoms with Gasteiger partial charge in [0, 0.05) is 12.1 Å². The molecule has 3 N–H and O–H groups in total. The minimum atomic E-state index is -0.454. The van der Waals surface area contributed by atoms with Crippen LogP contribution in [0.5, 0.6) is 0 Å². The Morgan fingerprint density at radius 3 is 2.53 bits per heavy atom. The van der Waals surface area contributed by atoms with Crippen LogP contribution in [0.25, 0.3) is 0 Å². The van der Waals surface area contributed by atoms with Gasteiger partial charge in [0.05, 0.1) is 0 Å². The van der Waals surface area contributed by atoms with Crippen molar-refractivity contribution in [3.8, 4) is 0 Å². The van der Waals surface area contributed by atoms with Crippen molar-refractivity contribution < 1.29 is 0 Å². The number of hydrogen-bond donors (Lipinski definition) is 2. The Labute approximate surface area is 87.9 Å². The lowest BCUT2D eigenvalue weighted by molar-refractivity contribution is 0.361. The first-order chi connectivity index (χ1) is 6.97. The molecule has 0 aromatic carbocycles. The summed E-state index contributed by atoms with van der Waals surface area (Å²) in [6, 6.07) is 1.22. The maximum absolute atomic E-state index is 11.6. The standard InChI is InChI=1S/C10H17N3O2/c1-4-6(2)7(3)13-8(11)5-9(14)12-10(13)15/h5-7H,4,11H2,1-3H3,(H,12,14,15).